The summed E-state index contributed by atoms with van der Waals surface area (Å²) >= 11 is 0. The van der Waals surface area contributed by atoms with Gasteiger partial charge in [0, 0.05) is 5.56 Å². The van der Waals surface area contributed by atoms with Gasteiger partial charge in [-0.05, 0) is 42.5 Å². The lowest BCUT2D eigenvalue weighted by atomic mass is 9.87. The van der Waals surface area contributed by atoms with Gasteiger partial charge in [0.25, 0.3) is 5.91 Å². The van der Waals surface area contributed by atoms with Gasteiger partial charge >= 0.3 is 0 Å². The first-order valence-electron chi connectivity index (χ1n) is 8.78. The van der Waals surface area contributed by atoms with Crippen LogP contribution in [-0.4, -0.2) is 5.91 Å². The zero-order valence-electron chi connectivity index (χ0n) is 14.8. The molecule has 1 aliphatic rings. The molecule has 0 unspecified atom stereocenters. The molecule has 3 rings (SSSR count). The van der Waals surface area contributed by atoms with Gasteiger partial charge in [-0.15, -0.1) is 0 Å². The van der Waals surface area contributed by atoms with Gasteiger partial charge in [0.05, 0.1) is 6.04 Å². The van der Waals surface area contributed by atoms with Crippen molar-refractivity contribution in [1.82, 2.24) is 5.32 Å². The van der Waals surface area contributed by atoms with Crippen LogP contribution in [0.3, 0.4) is 0 Å². The lowest BCUT2D eigenvalue weighted by Gasteiger charge is -2.26. The van der Waals surface area contributed by atoms with E-state index in [1.807, 2.05) is 64.1 Å². The molecule has 0 fully saturated rings. The Bertz CT molecular complexity index is 577. The summed E-state index contributed by atoms with van der Waals surface area (Å²) in [4.78, 5) is 12.2. The van der Waals surface area contributed by atoms with E-state index in [-0.39, 0.29) is 11.9 Å². The molecule has 23 heavy (non-hydrogen) atoms. The summed E-state index contributed by atoms with van der Waals surface area (Å²) < 4.78 is 0. The van der Waals surface area contributed by atoms with Crippen LogP contribution < -0.4 is 5.32 Å². The molecule has 0 radical (unpaired) electrons. The number of carbonyl (C=O) groups excluding carboxylic acids is 1. The molecular weight excluding hydrogens is 282 g/mol. The maximum absolute atomic E-state index is 12.2. The summed E-state index contributed by atoms with van der Waals surface area (Å²) in [6.45, 7) is 8.00. The molecule has 1 aliphatic carbocycles. The Morgan fingerprint density at radius 2 is 1.52 bits per heavy atom. The van der Waals surface area contributed by atoms with Crippen molar-refractivity contribution in [3.05, 3.63) is 71.3 Å². The van der Waals surface area contributed by atoms with Crippen molar-refractivity contribution in [3.8, 4) is 0 Å². The fourth-order valence-electron chi connectivity index (χ4n) is 2.73. The summed E-state index contributed by atoms with van der Waals surface area (Å²) in [5.74, 6) is 0.0160. The fourth-order valence-corrected chi connectivity index (χ4v) is 2.73. The van der Waals surface area contributed by atoms with Crippen LogP contribution in [0.2, 0.25) is 0 Å². The van der Waals surface area contributed by atoms with Gasteiger partial charge in [-0.2, -0.15) is 0 Å². The largest absolute Gasteiger partial charge is 0.345 e. The third-order valence-corrected chi connectivity index (χ3v) is 3.71. The van der Waals surface area contributed by atoms with Gasteiger partial charge < -0.3 is 5.32 Å². The van der Waals surface area contributed by atoms with Gasteiger partial charge in [-0.3, -0.25) is 4.79 Å². The highest BCUT2D eigenvalue weighted by Crippen LogP contribution is 2.29. The van der Waals surface area contributed by atoms with E-state index in [2.05, 4.69) is 23.5 Å². The summed E-state index contributed by atoms with van der Waals surface area (Å²) in [7, 11) is 0. The molecule has 2 aromatic rings. The van der Waals surface area contributed by atoms with Crippen LogP contribution in [0.15, 0.2) is 54.6 Å². The Morgan fingerprint density at radius 3 is 2.22 bits per heavy atom. The van der Waals surface area contributed by atoms with Crippen molar-refractivity contribution in [2.75, 3.05) is 0 Å². The normalized spacial score (nSPS) is 15.0. The second-order valence-electron chi connectivity index (χ2n) is 4.98. The number of aryl methyl sites for hydroxylation is 1. The predicted molar refractivity (Wildman–Crippen MR) is 98.7 cm³/mol. The molecule has 1 amide bonds. The van der Waals surface area contributed by atoms with E-state index in [9.17, 15) is 4.79 Å². The number of amides is 1. The second-order valence-corrected chi connectivity index (χ2v) is 4.98. The van der Waals surface area contributed by atoms with Crippen LogP contribution in [0, 0.1) is 0 Å². The number of hydrogen-bond acceptors (Lipinski definition) is 1. The van der Waals surface area contributed by atoms with Crippen molar-refractivity contribution in [2.24, 2.45) is 0 Å². The van der Waals surface area contributed by atoms with E-state index in [1.165, 1.54) is 11.1 Å². The van der Waals surface area contributed by atoms with Crippen LogP contribution in [0.4, 0.5) is 0 Å². The van der Waals surface area contributed by atoms with Crippen LogP contribution in [0.5, 0.6) is 0 Å². The van der Waals surface area contributed by atoms with E-state index in [4.69, 9.17) is 0 Å². The lowest BCUT2D eigenvalue weighted by molar-refractivity contribution is 0.0933. The standard InChI is InChI=1S/C17H17NO.2C2H6/c19-17(14-8-2-1-3-9-14)18-16-12-6-10-13-7-4-5-11-15(13)16;2*1-2/h1-5,7-9,11,16H,6,10,12H2,(H,18,19);2*1-2H3/t16-;;/m0../s1. The molecule has 0 heterocycles. The molecule has 0 saturated heterocycles. The molecule has 0 spiro atoms. The minimum Gasteiger partial charge on any atom is -0.345 e. The maximum atomic E-state index is 12.2. The minimum atomic E-state index is 0.0160. The molecule has 0 saturated carbocycles. The molecule has 1 atom stereocenters. The van der Waals surface area contributed by atoms with Crippen molar-refractivity contribution < 1.29 is 4.79 Å². The third-order valence-electron chi connectivity index (χ3n) is 3.71. The average molecular weight is 311 g/mol. The quantitative estimate of drug-likeness (QED) is 0.774. The predicted octanol–water partition coefficient (Wildman–Crippen LogP) is 5.55. The summed E-state index contributed by atoms with van der Waals surface area (Å²) in [5, 5.41) is 3.15. The SMILES string of the molecule is CC.CC.O=C(N[C@H]1CCCc2ccccc21)c1ccccc1. The minimum absolute atomic E-state index is 0.0160. The molecule has 2 aromatic carbocycles. The first kappa shape index (κ1) is 19.0. The Hall–Kier alpha value is -2.09. The van der Waals surface area contributed by atoms with E-state index < -0.39 is 0 Å². The first-order chi connectivity index (χ1) is 11.3. The Labute approximate surface area is 140 Å². The summed E-state index contributed by atoms with van der Waals surface area (Å²) in [5.41, 5.74) is 3.37. The molecule has 124 valence electrons. The van der Waals surface area contributed by atoms with Gasteiger partial charge in [-0.25, -0.2) is 0 Å². The van der Waals surface area contributed by atoms with Gasteiger partial charge in [0.1, 0.15) is 0 Å². The van der Waals surface area contributed by atoms with Gasteiger partial charge in [-0.1, -0.05) is 70.2 Å². The average Bonchev–Trinajstić information content (AvgIpc) is 2.66. The number of fused-ring (bicyclic) bond motifs is 1. The van der Waals surface area contributed by atoms with Crippen molar-refractivity contribution in [3.63, 3.8) is 0 Å². The van der Waals surface area contributed by atoms with E-state index in [0.717, 1.165) is 24.8 Å². The highest BCUT2D eigenvalue weighted by Gasteiger charge is 2.21. The molecule has 2 heteroatoms. The molecule has 2 nitrogen and oxygen atoms in total. The van der Waals surface area contributed by atoms with Crippen molar-refractivity contribution in [2.45, 2.75) is 53.0 Å². The Kier molecular flexibility index (Phi) is 8.74. The number of rotatable bonds is 2. The van der Waals surface area contributed by atoms with E-state index >= 15 is 0 Å². The molecular formula is C21H29NO. The van der Waals surface area contributed by atoms with Gasteiger partial charge in [0.15, 0.2) is 0 Å². The smallest absolute Gasteiger partial charge is 0.251 e. The zero-order chi connectivity index (χ0) is 17.1. The molecule has 1 N–H and O–H groups in total. The van der Waals surface area contributed by atoms with E-state index in [0.29, 0.717) is 0 Å². The Morgan fingerprint density at radius 1 is 0.913 bits per heavy atom. The highest BCUT2D eigenvalue weighted by molar-refractivity contribution is 5.94. The topological polar surface area (TPSA) is 29.1 Å². The number of carbonyl (C=O) groups is 1. The second kappa shape index (κ2) is 10.6. The Balaban J connectivity index is 0.000000615. The number of benzene rings is 2. The van der Waals surface area contributed by atoms with Gasteiger partial charge in [0.2, 0.25) is 0 Å². The van der Waals surface area contributed by atoms with Crippen molar-refractivity contribution >= 4 is 5.91 Å². The molecule has 0 bridgehead atoms. The van der Waals surface area contributed by atoms with E-state index in [1.54, 1.807) is 0 Å². The van der Waals surface area contributed by atoms with Crippen LogP contribution in [0.1, 0.15) is 68.1 Å². The van der Waals surface area contributed by atoms with Crippen LogP contribution in [0.25, 0.3) is 0 Å². The summed E-state index contributed by atoms with van der Waals surface area (Å²) in [6, 6.07) is 18.0. The number of nitrogens with one attached hydrogen (secondary N) is 1. The fraction of sp³-hybridized carbons (Fsp3) is 0.381. The zero-order valence-corrected chi connectivity index (χ0v) is 14.8. The van der Waals surface area contributed by atoms with Crippen LogP contribution in [-0.2, 0) is 6.42 Å². The summed E-state index contributed by atoms with van der Waals surface area (Å²) in [6.07, 6.45) is 3.28. The highest BCUT2D eigenvalue weighted by atomic mass is 16.1. The number of hydrogen-bond donors (Lipinski definition) is 1. The maximum Gasteiger partial charge on any atom is 0.251 e. The molecule has 0 aliphatic heterocycles. The first-order valence-corrected chi connectivity index (χ1v) is 8.78. The monoisotopic (exact) mass is 311 g/mol. The third kappa shape index (κ3) is 5.24. The molecule has 0 aromatic heterocycles. The van der Waals surface area contributed by atoms with Crippen molar-refractivity contribution in [1.29, 1.82) is 0 Å². The lowest BCUT2D eigenvalue weighted by Crippen LogP contribution is -2.30. The van der Waals surface area contributed by atoms with Crippen LogP contribution >= 0.6 is 0 Å².